The van der Waals surface area contributed by atoms with E-state index in [1.807, 2.05) is 24.3 Å². The van der Waals surface area contributed by atoms with Gasteiger partial charge >= 0.3 is 0 Å². The maximum absolute atomic E-state index is 12.6. The molecule has 0 N–H and O–H groups in total. The normalized spacial score (nSPS) is 10.4. The molecule has 0 amide bonds. The van der Waals surface area contributed by atoms with E-state index in [1.165, 1.54) is 5.56 Å². The second-order valence-electron chi connectivity index (χ2n) is 6.18. The van der Waals surface area contributed by atoms with E-state index in [1.54, 1.807) is 31.4 Å². The van der Waals surface area contributed by atoms with Crippen molar-refractivity contribution in [1.29, 1.82) is 0 Å². The molecule has 0 aliphatic carbocycles. The van der Waals surface area contributed by atoms with Gasteiger partial charge in [-0.25, -0.2) is 0 Å². The first-order valence-electron chi connectivity index (χ1n) is 8.75. The molecule has 0 fully saturated rings. The Labute approximate surface area is 154 Å². The molecule has 0 saturated heterocycles. The van der Waals surface area contributed by atoms with Crippen molar-refractivity contribution in [2.45, 2.75) is 13.8 Å². The number of benzene rings is 3. The summed E-state index contributed by atoms with van der Waals surface area (Å²) >= 11 is 0. The Hall–Kier alpha value is -3.07. The Bertz CT molecular complexity index is 866. The molecule has 3 rings (SSSR count). The lowest BCUT2D eigenvalue weighted by Gasteiger charge is -2.23. The molecule has 0 saturated carbocycles. The minimum Gasteiger partial charge on any atom is -0.497 e. The summed E-state index contributed by atoms with van der Waals surface area (Å²) < 4.78 is 5.14. The van der Waals surface area contributed by atoms with Crippen molar-refractivity contribution in [2.75, 3.05) is 18.6 Å². The van der Waals surface area contributed by atoms with Gasteiger partial charge in [0, 0.05) is 29.0 Å². The minimum atomic E-state index is 0.0117. The zero-order valence-corrected chi connectivity index (χ0v) is 15.4. The summed E-state index contributed by atoms with van der Waals surface area (Å²) in [4.78, 5) is 14.9. The molecule has 26 heavy (non-hydrogen) atoms. The molecule has 0 atom stereocenters. The van der Waals surface area contributed by atoms with Crippen LogP contribution in [0.1, 0.15) is 28.4 Å². The SMILES string of the molecule is CCN(c1ccc(C)cc1)c1ccc(C(=O)c2ccc(OC)cc2)cc1. The second-order valence-corrected chi connectivity index (χ2v) is 6.18. The lowest BCUT2D eigenvalue weighted by atomic mass is 10.0. The van der Waals surface area contributed by atoms with Crippen LogP contribution in [0.5, 0.6) is 5.75 Å². The van der Waals surface area contributed by atoms with Crippen LogP contribution in [0.15, 0.2) is 72.8 Å². The highest BCUT2D eigenvalue weighted by Crippen LogP contribution is 2.26. The summed E-state index contributed by atoms with van der Waals surface area (Å²) in [6.45, 7) is 5.06. The molecule has 0 aliphatic heterocycles. The highest BCUT2D eigenvalue weighted by atomic mass is 16.5. The smallest absolute Gasteiger partial charge is 0.193 e. The number of ether oxygens (including phenoxy) is 1. The molecule has 0 aromatic heterocycles. The standard InChI is InChI=1S/C23H23NO2/c1-4-24(20-11-5-17(2)6-12-20)21-13-7-18(8-14-21)23(25)19-9-15-22(26-3)16-10-19/h5-16H,4H2,1-3H3. The highest BCUT2D eigenvalue weighted by Gasteiger charge is 2.11. The van der Waals surface area contributed by atoms with Gasteiger partial charge in [0.25, 0.3) is 0 Å². The number of methoxy groups -OCH3 is 1. The van der Waals surface area contributed by atoms with Crippen LogP contribution in [-0.2, 0) is 0 Å². The zero-order chi connectivity index (χ0) is 18.5. The van der Waals surface area contributed by atoms with E-state index in [-0.39, 0.29) is 5.78 Å². The van der Waals surface area contributed by atoms with Gasteiger partial charge in [0.2, 0.25) is 0 Å². The van der Waals surface area contributed by atoms with Crippen molar-refractivity contribution in [3.8, 4) is 5.75 Å². The average molecular weight is 345 g/mol. The number of nitrogens with zero attached hydrogens (tertiary/aromatic N) is 1. The van der Waals surface area contributed by atoms with Gasteiger partial charge in [0.1, 0.15) is 5.75 Å². The van der Waals surface area contributed by atoms with Crippen LogP contribution in [0.2, 0.25) is 0 Å². The number of rotatable bonds is 6. The lowest BCUT2D eigenvalue weighted by molar-refractivity contribution is 0.103. The van der Waals surface area contributed by atoms with Crippen molar-refractivity contribution in [3.63, 3.8) is 0 Å². The molecule has 0 spiro atoms. The van der Waals surface area contributed by atoms with Crippen molar-refractivity contribution in [1.82, 2.24) is 0 Å². The Morgan fingerprint density at radius 3 is 1.73 bits per heavy atom. The number of anilines is 2. The number of carbonyl (C=O) groups is 1. The first-order chi connectivity index (χ1) is 12.6. The Morgan fingerprint density at radius 2 is 1.27 bits per heavy atom. The lowest BCUT2D eigenvalue weighted by Crippen LogP contribution is -2.16. The minimum absolute atomic E-state index is 0.0117. The summed E-state index contributed by atoms with van der Waals surface area (Å²) in [6.07, 6.45) is 0. The molecule has 3 aromatic rings. The third-order valence-corrected chi connectivity index (χ3v) is 4.46. The zero-order valence-electron chi connectivity index (χ0n) is 15.4. The van der Waals surface area contributed by atoms with Crippen LogP contribution in [-0.4, -0.2) is 19.4 Å². The quantitative estimate of drug-likeness (QED) is 0.561. The third-order valence-electron chi connectivity index (χ3n) is 4.46. The fourth-order valence-electron chi connectivity index (χ4n) is 2.94. The van der Waals surface area contributed by atoms with Crippen molar-refractivity contribution < 1.29 is 9.53 Å². The predicted molar refractivity (Wildman–Crippen MR) is 107 cm³/mol. The van der Waals surface area contributed by atoms with Crippen LogP contribution in [0.3, 0.4) is 0 Å². The number of hydrogen-bond acceptors (Lipinski definition) is 3. The monoisotopic (exact) mass is 345 g/mol. The van der Waals surface area contributed by atoms with Gasteiger partial charge in [-0.15, -0.1) is 0 Å². The highest BCUT2D eigenvalue weighted by molar-refractivity contribution is 6.09. The topological polar surface area (TPSA) is 29.5 Å². The van der Waals surface area contributed by atoms with Crippen LogP contribution in [0, 0.1) is 6.92 Å². The fourth-order valence-corrected chi connectivity index (χ4v) is 2.94. The maximum Gasteiger partial charge on any atom is 0.193 e. The van der Waals surface area contributed by atoms with E-state index in [0.717, 1.165) is 23.7 Å². The second kappa shape index (κ2) is 7.87. The van der Waals surface area contributed by atoms with E-state index in [9.17, 15) is 4.79 Å². The van der Waals surface area contributed by atoms with E-state index in [2.05, 4.69) is 43.0 Å². The summed E-state index contributed by atoms with van der Waals surface area (Å²) in [7, 11) is 1.61. The molecule has 0 heterocycles. The molecule has 3 aromatic carbocycles. The molecule has 0 aliphatic rings. The Balaban J connectivity index is 1.82. The first kappa shape index (κ1) is 17.7. The molecule has 3 heteroatoms. The average Bonchev–Trinajstić information content (AvgIpc) is 2.70. The van der Waals surface area contributed by atoms with Crippen LogP contribution >= 0.6 is 0 Å². The summed E-state index contributed by atoms with van der Waals surface area (Å²) in [5.41, 5.74) is 4.79. The van der Waals surface area contributed by atoms with Gasteiger partial charge in [-0.05, 0) is 74.5 Å². The van der Waals surface area contributed by atoms with Gasteiger partial charge in [-0.1, -0.05) is 17.7 Å². The van der Waals surface area contributed by atoms with Crippen molar-refractivity contribution in [3.05, 3.63) is 89.5 Å². The van der Waals surface area contributed by atoms with Crippen molar-refractivity contribution in [2.24, 2.45) is 0 Å². The first-order valence-corrected chi connectivity index (χ1v) is 8.75. The molecular weight excluding hydrogens is 322 g/mol. The van der Waals surface area contributed by atoms with Crippen molar-refractivity contribution >= 4 is 17.2 Å². The van der Waals surface area contributed by atoms with E-state index in [4.69, 9.17) is 4.74 Å². The number of carbonyl (C=O) groups excluding carboxylic acids is 1. The van der Waals surface area contributed by atoms with Gasteiger partial charge in [0.15, 0.2) is 5.78 Å². The molecule has 0 radical (unpaired) electrons. The van der Waals surface area contributed by atoms with Gasteiger partial charge in [0.05, 0.1) is 7.11 Å². The third kappa shape index (κ3) is 3.77. The molecule has 0 unspecified atom stereocenters. The van der Waals surface area contributed by atoms with Crippen LogP contribution < -0.4 is 9.64 Å². The largest absolute Gasteiger partial charge is 0.497 e. The molecular formula is C23H23NO2. The van der Waals surface area contributed by atoms with Crippen LogP contribution in [0.4, 0.5) is 11.4 Å². The maximum atomic E-state index is 12.6. The molecule has 3 nitrogen and oxygen atoms in total. The Kier molecular flexibility index (Phi) is 5.37. The fraction of sp³-hybridized carbons (Fsp3) is 0.174. The predicted octanol–water partition coefficient (Wildman–Crippen LogP) is 5.39. The summed E-state index contributed by atoms with van der Waals surface area (Å²) in [5, 5.41) is 0. The summed E-state index contributed by atoms with van der Waals surface area (Å²) in [6, 6.07) is 23.4. The van der Waals surface area contributed by atoms with E-state index in [0.29, 0.717) is 11.1 Å². The van der Waals surface area contributed by atoms with Gasteiger partial charge in [-0.3, -0.25) is 4.79 Å². The molecule has 132 valence electrons. The molecule has 0 bridgehead atoms. The summed E-state index contributed by atoms with van der Waals surface area (Å²) in [5.74, 6) is 0.756. The van der Waals surface area contributed by atoms with E-state index < -0.39 is 0 Å². The number of aryl methyl sites for hydroxylation is 1. The number of hydrogen-bond donors (Lipinski definition) is 0. The Morgan fingerprint density at radius 1 is 0.808 bits per heavy atom. The van der Waals surface area contributed by atoms with Gasteiger partial charge < -0.3 is 9.64 Å². The number of ketones is 1. The van der Waals surface area contributed by atoms with Gasteiger partial charge in [-0.2, -0.15) is 0 Å². The van der Waals surface area contributed by atoms with E-state index >= 15 is 0 Å². The van der Waals surface area contributed by atoms with Crippen LogP contribution in [0.25, 0.3) is 0 Å².